The Bertz CT molecular complexity index is 934. The third-order valence-corrected chi connectivity index (χ3v) is 5.42. The monoisotopic (exact) mass is 464 g/mol. The van der Waals surface area contributed by atoms with Crippen molar-refractivity contribution in [3.8, 4) is 0 Å². The van der Waals surface area contributed by atoms with Crippen molar-refractivity contribution in [2.24, 2.45) is 5.92 Å². The average molecular weight is 465 g/mol. The van der Waals surface area contributed by atoms with E-state index >= 15 is 0 Å². The van der Waals surface area contributed by atoms with Crippen LogP contribution in [0.3, 0.4) is 0 Å². The largest absolute Gasteiger partial charge is 0.343 e. The van der Waals surface area contributed by atoms with Crippen molar-refractivity contribution in [2.45, 2.75) is 25.8 Å². The molecule has 0 fully saturated rings. The lowest BCUT2D eigenvalue weighted by molar-refractivity contribution is -0.127. The number of halogens is 1. The van der Waals surface area contributed by atoms with Gasteiger partial charge in [-0.05, 0) is 41.3 Å². The molecule has 0 spiro atoms. The summed E-state index contributed by atoms with van der Waals surface area (Å²) in [6.45, 7) is 3.85. The number of rotatable bonds is 7. The molecule has 0 aliphatic heterocycles. The van der Waals surface area contributed by atoms with Gasteiger partial charge in [0.1, 0.15) is 6.04 Å². The van der Waals surface area contributed by atoms with Gasteiger partial charge in [0.2, 0.25) is 11.8 Å². The summed E-state index contributed by atoms with van der Waals surface area (Å²) in [7, 11) is 0. The molecule has 0 radical (unpaired) electrons. The molecule has 5 heteroatoms. The zero-order chi connectivity index (χ0) is 21.5. The van der Waals surface area contributed by atoms with E-state index in [1.54, 1.807) is 0 Å². The Morgan fingerprint density at radius 1 is 0.733 bits per heavy atom. The van der Waals surface area contributed by atoms with E-state index in [2.05, 4.69) is 26.6 Å². The highest BCUT2D eigenvalue weighted by Gasteiger charge is 2.29. The molecule has 3 aromatic carbocycles. The first-order valence-corrected chi connectivity index (χ1v) is 10.7. The quantitative estimate of drug-likeness (QED) is 0.494. The number of carbonyl (C=O) groups is 2. The number of hydrogen-bond acceptors (Lipinski definition) is 2. The van der Waals surface area contributed by atoms with Crippen LogP contribution in [-0.4, -0.2) is 17.9 Å². The molecular weight excluding hydrogens is 440 g/mol. The van der Waals surface area contributed by atoms with Crippen molar-refractivity contribution in [3.63, 3.8) is 0 Å². The normalized spacial score (nSPS) is 11.9. The van der Waals surface area contributed by atoms with Crippen LogP contribution in [0.1, 0.15) is 30.9 Å². The molecule has 0 aliphatic rings. The molecule has 0 heterocycles. The molecule has 1 atom stereocenters. The Morgan fingerprint density at radius 3 is 1.70 bits per heavy atom. The third kappa shape index (κ3) is 5.57. The highest BCUT2D eigenvalue weighted by molar-refractivity contribution is 9.10. The van der Waals surface area contributed by atoms with Crippen LogP contribution in [0.4, 0.5) is 5.69 Å². The zero-order valence-corrected chi connectivity index (χ0v) is 18.6. The number of anilines is 1. The SMILES string of the molecule is CC(C)[C@@H](NC(=O)C(c1ccccc1)c1ccccc1)C(=O)Nc1ccc(Br)cc1. The second-order valence-electron chi connectivity index (χ2n) is 7.48. The predicted molar refractivity (Wildman–Crippen MR) is 124 cm³/mol. The molecule has 3 rings (SSSR count). The number of benzene rings is 3. The van der Waals surface area contributed by atoms with E-state index in [1.807, 2.05) is 98.8 Å². The molecule has 0 saturated carbocycles. The molecule has 0 aromatic heterocycles. The van der Waals surface area contributed by atoms with Crippen LogP contribution < -0.4 is 10.6 Å². The molecular formula is C25H25BrN2O2. The Kier molecular flexibility index (Phi) is 7.41. The van der Waals surface area contributed by atoms with E-state index in [-0.39, 0.29) is 17.7 Å². The minimum absolute atomic E-state index is 0.0726. The molecule has 0 saturated heterocycles. The van der Waals surface area contributed by atoms with Gasteiger partial charge in [0.15, 0.2) is 0 Å². The van der Waals surface area contributed by atoms with E-state index in [0.717, 1.165) is 15.6 Å². The highest BCUT2D eigenvalue weighted by atomic mass is 79.9. The van der Waals surface area contributed by atoms with Crippen LogP contribution in [0.5, 0.6) is 0 Å². The van der Waals surface area contributed by atoms with Crippen LogP contribution in [0.15, 0.2) is 89.4 Å². The van der Waals surface area contributed by atoms with Gasteiger partial charge in [-0.15, -0.1) is 0 Å². The zero-order valence-electron chi connectivity index (χ0n) is 17.0. The van der Waals surface area contributed by atoms with Crippen LogP contribution in [0, 0.1) is 5.92 Å². The topological polar surface area (TPSA) is 58.2 Å². The third-order valence-electron chi connectivity index (χ3n) is 4.89. The molecule has 0 unspecified atom stereocenters. The number of nitrogens with one attached hydrogen (secondary N) is 2. The lowest BCUT2D eigenvalue weighted by Gasteiger charge is -2.25. The number of amides is 2. The summed E-state index contributed by atoms with van der Waals surface area (Å²) in [5, 5.41) is 5.88. The Balaban J connectivity index is 1.82. The molecule has 4 nitrogen and oxygen atoms in total. The lowest BCUT2D eigenvalue weighted by atomic mass is 9.89. The van der Waals surface area contributed by atoms with E-state index in [0.29, 0.717) is 5.69 Å². The maximum atomic E-state index is 13.4. The summed E-state index contributed by atoms with van der Waals surface area (Å²) in [6.07, 6.45) is 0. The van der Waals surface area contributed by atoms with Crippen LogP contribution in [-0.2, 0) is 9.59 Å². The van der Waals surface area contributed by atoms with Gasteiger partial charge in [-0.3, -0.25) is 9.59 Å². The van der Waals surface area contributed by atoms with Gasteiger partial charge in [0, 0.05) is 10.2 Å². The molecule has 0 aliphatic carbocycles. The molecule has 2 N–H and O–H groups in total. The Morgan fingerprint density at radius 2 is 1.23 bits per heavy atom. The Hall–Kier alpha value is -2.92. The molecule has 30 heavy (non-hydrogen) atoms. The average Bonchev–Trinajstić information content (AvgIpc) is 2.75. The fraction of sp³-hybridized carbons (Fsp3) is 0.200. The predicted octanol–water partition coefficient (Wildman–Crippen LogP) is 5.36. The maximum absolute atomic E-state index is 13.4. The van der Waals surface area contributed by atoms with Gasteiger partial charge in [0.25, 0.3) is 0 Å². The molecule has 154 valence electrons. The van der Waals surface area contributed by atoms with E-state index in [1.165, 1.54) is 0 Å². The van der Waals surface area contributed by atoms with Gasteiger partial charge < -0.3 is 10.6 Å². The van der Waals surface area contributed by atoms with Crippen molar-refractivity contribution in [1.29, 1.82) is 0 Å². The summed E-state index contributed by atoms with van der Waals surface area (Å²) in [6, 6.07) is 25.9. The van der Waals surface area contributed by atoms with E-state index in [4.69, 9.17) is 0 Å². The minimum Gasteiger partial charge on any atom is -0.343 e. The van der Waals surface area contributed by atoms with E-state index in [9.17, 15) is 9.59 Å². The van der Waals surface area contributed by atoms with Crippen molar-refractivity contribution in [1.82, 2.24) is 5.32 Å². The first-order chi connectivity index (χ1) is 14.5. The smallest absolute Gasteiger partial charge is 0.247 e. The van der Waals surface area contributed by atoms with Gasteiger partial charge in [0.05, 0.1) is 5.92 Å². The van der Waals surface area contributed by atoms with Crippen molar-refractivity contribution < 1.29 is 9.59 Å². The maximum Gasteiger partial charge on any atom is 0.247 e. The lowest BCUT2D eigenvalue weighted by Crippen LogP contribution is -2.48. The van der Waals surface area contributed by atoms with Crippen molar-refractivity contribution in [2.75, 3.05) is 5.32 Å². The second kappa shape index (κ2) is 10.2. The van der Waals surface area contributed by atoms with Gasteiger partial charge >= 0.3 is 0 Å². The van der Waals surface area contributed by atoms with Crippen LogP contribution >= 0.6 is 15.9 Å². The minimum atomic E-state index is -0.656. The summed E-state index contributed by atoms with van der Waals surface area (Å²) < 4.78 is 0.933. The van der Waals surface area contributed by atoms with Gasteiger partial charge in [-0.25, -0.2) is 0 Å². The summed E-state index contributed by atoms with van der Waals surface area (Å²) in [5.74, 6) is -0.997. The number of hydrogen-bond donors (Lipinski definition) is 2. The fourth-order valence-electron chi connectivity index (χ4n) is 3.31. The molecule has 2 amide bonds. The Labute approximate surface area is 185 Å². The van der Waals surface area contributed by atoms with Crippen molar-refractivity contribution >= 4 is 33.4 Å². The first kappa shape index (κ1) is 21.8. The van der Waals surface area contributed by atoms with Crippen molar-refractivity contribution in [3.05, 3.63) is 101 Å². The summed E-state index contributed by atoms with van der Waals surface area (Å²) in [4.78, 5) is 26.3. The molecule has 0 bridgehead atoms. The van der Waals surface area contributed by atoms with Crippen LogP contribution in [0.25, 0.3) is 0 Å². The van der Waals surface area contributed by atoms with E-state index < -0.39 is 12.0 Å². The standard InChI is InChI=1S/C25H25BrN2O2/c1-17(2)23(25(30)27-21-15-13-20(26)14-16-21)28-24(29)22(18-9-5-3-6-10-18)19-11-7-4-8-12-19/h3-17,22-23H,1-2H3,(H,27,30)(H,28,29)/t23-/m1/s1. The first-order valence-electron chi connectivity index (χ1n) is 9.92. The summed E-state index contributed by atoms with van der Waals surface area (Å²) in [5.41, 5.74) is 2.46. The summed E-state index contributed by atoms with van der Waals surface area (Å²) >= 11 is 3.39. The van der Waals surface area contributed by atoms with Gasteiger partial charge in [-0.1, -0.05) is 90.4 Å². The van der Waals surface area contributed by atoms with Gasteiger partial charge in [-0.2, -0.15) is 0 Å². The second-order valence-corrected chi connectivity index (χ2v) is 8.40. The molecule has 3 aromatic rings. The highest BCUT2D eigenvalue weighted by Crippen LogP contribution is 2.25. The van der Waals surface area contributed by atoms with Crippen LogP contribution in [0.2, 0.25) is 0 Å². The number of carbonyl (C=O) groups excluding carboxylic acids is 2. The fourth-order valence-corrected chi connectivity index (χ4v) is 3.58.